The maximum Gasteiger partial charge on any atom is 0.264 e. The predicted molar refractivity (Wildman–Crippen MR) is 341 cm³/mol. The molecule has 0 amide bonds. The van der Waals surface area contributed by atoms with Gasteiger partial charge in [0.15, 0.2) is 0 Å². The summed E-state index contributed by atoms with van der Waals surface area (Å²) in [6.07, 6.45) is 0. The number of para-hydroxylation sites is 1. The smallest absolute Gasteiger partial charge is 0.264 e. The molecule has 3 nitrogen and oxygen atoms in total. The standard InChI is InChI=1S/C74H54BN3S/c1-74(2,3)58-34-38-59(39-35-58)76(66-30-18-17-29-63(66)53-25-11-6-12-26-53)62-40-41-65-67(48-62)77(60-36-31-51-23-13-15-27-54(51)43-60)68-46-57(50-21-9-5-10-22-50)47-69-71(68)75(65)73-72(78(69)61-37-32-52-24-14-16-28-55(52)44-61)64-45-56(33-42-70(64)79-73)49-19-7-4-8-20-49/h4-48H,1-3H3/i5D,9D,10D,21D,22D. The normalized spacial score (nSPS) is 13.6. The molecule has 0 bridgehead atoms. The Balaban J connectivity index is 1.07. The summed E-state index contributed by atoms with van der Waals surface area (Å²) in [4.78, 5) is 7.15. The molecule has 3 heterocycles. The summed E-state index contributed by atoms with van der Waals surface area (Å²) < 4.78 is 48.4. The van der Waals surface area contributed by atoms with Crippen LogP contribution in [0.4, 0.5) is 51.2 Å². The van der Waals surface area contributed by atoms with Gasteiger partial charge < -0.3 is 14.7 Å². The zero-order valence-electron chi connectivity index (χ0n) is 48.9. The van der Waals surface area contributed by atoms with Crippen LogP contribution in [0.2, 0.25) is 0 Å². The van der Waals surface area contributed by atoms with Gasteiger partial charge >= 0.3 is 0 Å². The van der Waals surface area contributed by atoms with E-state index in [1.807, 2.05) is 11.3 Å². The van der Waals surface area contributed by atoms with Crippen molar-refractivity contribution >= 4 is 117 Å². The molecule has 5 heteroatoms. The van der Waals surface area contributed by atoms with Crippen molar-refractivity contribution in [2.24, 2.45) is 0 Å². The summed E-state index contributed by atoms with van der Waals surface area (Å²) >= 11 is 1.82. The summed E-state index contributed by atoms with van der Waals surface area (Å²) in [7, 11) is 0. The van der Waals surface area contributed by atoms with Crippen molar-refractivity contribution in [1.82, 2.24) is 0 Å². The highest BCUT2D eigenvalue weighted by Gasteiger charge is 2.46. The Morgan fingerprint density at radius 2 is 1.04 bits per heavy atom. The van der Waals surface area contributed by atoms with E-state index in [0.717, 1.165) is 116 Å². The second-order valence-corrected chi connectivity index (χ2v) is 22.8. The van der Waals surface area contributed by atoms with Gasteiger partial charge in [-0.25, -0.2) is 0 Å². The molecule has 0 unspecified atom stereocenters. The van der Waals surface area contributed by atoms with E-state index in [1.165, 1.54) is 10.3 Å². The molecule has 0 spiro atoms. The molecular weight excluding hydrogens is 974 g/mol. The molecule has 13 aromatic rings. The van der Waals surface area contributed by atoms with Crippen molar-refractivity contribution in [1.29, 1.82) is 0 Å². The van der Waals surface area contributed by atoms with E-state index >= 15 is 0 Å². The lowest BCUT2D eigenvalue weighted by molar-refractivity contribution is 0.590. The van der Waals surface area contributed by atoms with Gasteiger partial charge in [-0.15, -0.1) is 11.3 Å². The van der Waals surface area contributed by atoms with Crippen molar-refractivity contribution in [3.05, 3.63) is 278 Å². The average molecular weight is 1030 g/mol. The highest BCUT2D eigenvalue weighted by Crippen LogP contribution is 2.52. The molecule has 0 radical (unpaired) electrons. The maximum absolute atomic E-state index is 9.59. The number of nitrogens with zero attached hydrogens (tertiary/aromatic N) is 3. The SMILES string of the molecule is [2H]c1c([2H])c([2H])c(-c2cc3c4c(c2)N(c2ccc5ccccc5c2)c2c(sc5ccc(-c6ccccc6)cc25)B4c2ccc(N(c4ccc(C(C)(C)C)cc4)c4ccccc4-c4ccccc4)cc2N3c2ccc3ccccc3c2)c([2H])c1[2H]. The largest absolute Gasteiger partial charge is 0.311 e. The maximum atomic E-state index is 9.59. The summed E-state index contributed by atoms with van der Waals surface area (Å²) in [5.41, 5.74) is 17.0. The van der Waals surface area contributed by atoms with Crippen LogP contribution in [0.3, 0.4) is 0 Å². The summed E-state index contributed by atoms with van der Waals surface area (Å²) in [5, 5.41) is 5.48. The van der Waals surface area contributed by atoms with E-state index in [2.05, 4.69) is 278 Å². The van der Waals surface area contributed by atoms with Crippen molar-refractivity contribution < 1.29 is 6.85 Å². The molecule has 1 aromatic heterocycles. The van der Waals surface area contributed by atoms with Crippen LogP contribution in [0.1, 0.15) is 33.2 Å². The van der Waals surface area contributed by atoms with Gasteiger partial charge in [0.2, 0.25) is 0 Å². The van der Waals surface area contributed by atoms with Crippen LogP contribution >= 0.6 is 11.3 Å². The van der Waals surface area contributed by atoms with Crippen LogP contribution in [0.5, 0.6) is 0 Å². The molecule has 12 aromatic carbocycles. The van der Waals surface area contributed by atoms with E-state index < -0.39 is 6.04 Å². The fourth-order valence-corrected chi connectivity index (χ4v) is 13.5. The fourth-order valence-electron chi connectivity index (χ4n) is 12.2. The third-order valence-electron chi connectivity index (χ3n) is 16.0. The summed E-state index contributed by atoms with van der Waals surface area (Å²) in [5.74, 6) is 0. The van der Waals surface area contributed by atoms with E-state index in [9.17, 15) is 2.74 Å². The first-order chi connectivity index (χ1) is 40.9. The average Bonchev–Trinajstić information content (AvgIpc) is 1.31. The molecule has 0 atom stereocenters. The number of fused-ring (bicyclic) bond motifs is 8. The van der Waals surface area contributed by atoms with Gasteiger partial charge in [-0.2, -0.15) is 0 Å². The highest BCUT2D eigenvalue weighted by atomic mass is 32.1. The molecule has 0 saturated carbocycles. The topological polar surface area (TPSA) is 9.72 Å². The minimum absolute atomic E-state index is 0.0593. The minimum atomic E-state index is -0.430. The molecule has 2 aliphatic heterocycles. The number of hydrogen-bond donors (Lipinski definition) is 0. The van der Waals surface area contributed by atoms with E-state index in [4.69, 9.17) is 4.11 Å². The molecule has 2 aliphatic rings. The lowest BCUT2D eigenvalue weighted by Crippen LogP contribution is -2.60. The van der Waals surface area contributed by atoms with E-state index in [1.54, 1.807) is 0 Å². The Labute approximate surface area is 473 Å². The molecular formula is C74H54BN3S. The molecule has 79 heavy (non-hydrogen) atoms. The number of benzene rings is 12. The fraction of sp³-hybridized carbons (Fsp3) is 0.0541. The third-order valence-corrected chi connectivity index (χ3v) is 17.2. The van der Waals surface area contributed by atoms with Crippen LogP contribution in [0, 0.1) is 0 Å². The Kier molecular flexibility index (Phi) is 9.85. The van der Waals surface area contributed by atoms with Gasteiger partial charge in [0.25, 0.3) is 6.71 Å². The van der Waals surface area contributed by atoms with Crippen LogP contribution in [0.15, 0.2) is 273 Å². The Morgan fingerprint density at radius 3 is 1.72 bits per heavy atom. The first kappa shape index (κ1) is 41.7. The Hall–Kier alpha value is -9.42. The second kappa shape index (κ2) is 18.7. The molecule has 0 aliphatic carbocycles. The molecule has 15 rings (SSSR count). The number of rotatable bonds is 8. The quantitative estimate of drug-likeness (QED) is 0.140. The monoisotopic (exact) mass is 1030 g/mol. The zero-order chi connectivity index (χ0) is 57.1. The van der Waals surface area contributed by atoms with Gasteiger partial charge in [0.05, 0.1) is 18.2 Å². The second-order valence-electron chi connectivity index (χ2n) is 21.7. The van der Waals surface area contributed by atoms with Gasteiger partial charge in [-0.1, -0.05) is 215 Å². The van der Waals surface area contributed by atoms with Crippen molar-refractivity contribution in [3.63, 3.8) is 0 Å². The van der Waals surface area contributed by atoms with Gasteiger partial charge in [-0.3, -0.25) is 0 Å². The minimum Gasteiger partial charge on any atom is -0.311 e. The zero-order valence-corrected chi connectivity index (χ0v) is 44.7. The molecule has 0 N–H and O–H groups in total. The number of anilines is 9. The van der Waals surface area contributed by atoms with Crippen LogP contribution in [0.25, 0.3) is 65.0 Å². The van der Waals surface area contributed by atoms with Gasteiger partial charge in [0, 0.05) is 60.2 Å². The third kappa shape index (κ3) is 7.95. The Morgan fingerprint density at radius 1 is 0.443 bits per heavy atom. The van der Waals surface area contributed by atoms with Crippen LogP contribution in [-0.2, 0) is 5.41 Å². The highest BCUT2D eigenvalue weighted by molar-refractivity contribution is 7.33. The van der Waals surface area contributed by atoms with Gasteiger partial charge in [0.1, 0.15) is 0 Å². The first-order valence-electron chi connectivity index (χ1n) is 29.5. The predicted octanol–water partition coefficient (Wildman–Crippen LogP) is 19.1. The molecule has 374 valence electrons. The van der Waals surface area contributed by atoms with Crippen LogP contribution < -0.4 is 30.4 Å². The van der Waals surface area contributed by atoms with Crippen molar-refractivity contribution in [2.75, 3.05) is 14.7 Å². The first-order valence-corrected chi connectivity index (χ1v) is 27.8. The lowest BCUT2D eigenvalue weighted by Gasteiger charge is -2.44. The van der Waals surface area contributed by atoms with Crippen molar-refractivity contribution in [2.45, 2.75) is 26.2 Å². The van der Waals surface area contributed by atoms with Crippen molar-refractivity contribution in [3.8, 4) is 33.4 Å². The summed E-state index contributed by atoms with van der Waals surface area (Å²) in [6, 6.07) is 85.2. The molecule has 0 fully saturated rings. The number of thiophene rings is 1. The van der Waals surface area contributed by atoms with E-state index in [-0.39, 0.29) is 41.9 Å². The molecule has 0 saturated heterocycles. The number of hydrogen-bond acceptors (Lipinski definition) is 4. The van der Waals surface area contributed by atoms with Crippen LogP contribution in [-0.4, -0.2) is 6.71 Å². The summed E-state index contributed by atoms with van der Waals surface area (Å²) in [6.45, 7) is 6.44. The van der Waals surface area contributed by atoms with Gasteiger partial charge in [-0.05, 0) is 150 Å². The lowest BCUT2D eigenvalue weighted by atomic mass is 9.36. The van der Waals surface area contributed by atoms with E-state index in [0.29, 0.717) is 5.56 Å². The Bertz CT molecular complexity index is 4780.